The van der Waals surface area contributed by atoms with E-state index in [0.29, 0.717) is 12.2 Å². The highest BCUT2D eigenvalue weighted by Crippen LogP contribution is 2.40. The van der Waals surface area contributed by atoms with Gasteiger partial charge >= 0.3 is 0 Å². The monoisotopic (exact) mass is 226 g/mol. The number of hydrogen-bond acceptors (Lipinski definition) is 2. The lowest BCUT2D eigenvalue weighted by atomic mass is 9.85. The second-order valence-electron chi connectivity index (χ2n) is 5.75. The molecule has 2 heterocycles. The van der Waals surface area contributed by atoms with Crippen molar-refractivity contribution < 1.29 is 9.84 Å². The van der Waals surface area contributed by atoms with Crippen molar-refractivity contribution >= 4 is 0 Å². The highest BCUT2D eigenvalue weighted by molar-refractivity contribution is 4.94. The third-order valence-corrected chi connectivity index (χ3v) is 4.16. The Hall–Kier alpha value is -0.0800. The van der Waals surface area contributed by atoms with E-state index >= 15 is 0 Å². The van der Waals surface area contributed by atoms with E-state index < -0.39 is 5.60 Å². The molecule has 0 spiro atoms. The summed E-state index contributed by atoms with van der Waals surface area (Å²) < 4.78 is 5.78. The van der Waals surface area contributed by atoms with Crippen molar-refractivity contribution in [3.05, 3.63) is 0 Å². The van der Waals surface area contributed by atoms with Crippen LogP contribution in [0.3, 0.4) is 0 Å². The van der Waals surface area contributed by atoms with E-state index in [1.807, 2.05) is 0 Å². The molecule has 2 rings (SSSR count). The molecule has 2 fully saturated rings. The normalized spacial score (nSPS) is 37.9. The molecular formula is C14H26O2. The number of unbranched alkanes of at least 4 members (excludes halogenated alkanes) is 4. The van der Waals surface area contributed by atoms with E-state index in [1.165, 1.54) is 44.9 Å². The maximum atomic E-state index is 10.5. The van der Waals surface area contributed by atoms with Crippen molar-refractivity contribution in [2.24, 2.45) is 0 Å². The van der Waals surface area contributed by atoms with Crippen molar-refractivity contribution in [2.75, 3.05) is 0 Å². The molecule has 0 aliphatic carbocycles. The summed E-state index contributed by atoms with van der Waals surface area (Å²) in [6, 6.07) is 0. The van der Waals surface area contributed by atoms with Crippen LogP contribution < -0.4 is 0 Å². The Bertz CT molecular complexity index is 203. The quantitative estimate of drug-likeness (QED) is 0.703. The second kappa shape index (κ2) is 5.50. The van der Waals surface area contributed by atoms with Crippen molar-refractivity contribution in [3.63, 3.8) is 0 Å². The molecule has 2 bridgehead atoms. The molecule has 2 saturated heterocycles. The molecule has 16 heavy (non-hydrogen) atoms. The largest absolute Gasteiger partial charge is 0.390 e. The highest BCUT2D eigenvalue weighted by atomic mass is 16.5. The van der Waals surface area contributed by atoms with E-state index in [1.54, 1.807) is 0 Å². The van der Waals surface area contributed by atoms with Gasteiger partial charge in [-0.25, -0.2) is 0 Å². The first-order valence-electron chi connectivity index (χ1n) is 7.10. The Labute approximate surface area is 99.4 Å². The van der Waals surface area contributed by atoms with Crippen LogP contribution in [0.25, 0.3) is 0 Å². The molecule has 2 nitrogen and oxygen atoms in total. The summed E-state index contributed by atoms with van der Waals surface area (Å²) in [4.78, 5) is 0. The van der Waals surface area contributed by atoms with Gasteiger partial charge in [0.05, 0.1) is 17.8 Å². The van der Waals surface area contributed by atoms with Gasteiger partial charge in [-0.15, -0.1) is 0 Å². The molecule has 0 aromatic rings. The minimum absolute atomic E-state index is 0.361. The van der Waals surface area contributed by atoms with Crippen molar-refractivity contribution in [1.82, 2.24) is 0 Å². The van der Waals surface area contributed by atoms with Crippen LogP contribution in [-0.4, -0.2) is 22.9 Å². The van der Waals surface area contributed by atoms with E-state index in [4.69, 9.17) is 4.74 Å². The van der Waals surface area contributed by atoms with Crippen molar-refractivity contribution in [1.29, 1.82) is 0 Å². The zero-order valence-corrected chi connectivity index (χ0v) is 10.6. The maximum Gasteiger partial charge on any atom is 0.0697 e. The number of aliphatic hydroxyl groups is 1. The summed E-state index contributed by atoms with van der Waals surface area (Å²) >= 11 is 0. The van der Waals surface area contributed by atoms with Gasteiger partial charge < -0.3 is 9.84 Å². The van der Waals surface area contributed by atoms with Gasteiger partial charge in [-0.05, 0) is 19.3 Å². The minimum Gasteiger partial charge on any atom is -0.390 e. The lowest BCUT2D eigenvalue weighted by Crippen LogP contribution is -2.40. The van der Waals surface area contributed by atoms with Crippen LogP contribution in [-0.2, 0) is 4.74 Å². The summed E-state index contributed by atoms with van der Waals surface area (Å²) in [5.41, 5.74) is -0.393. The van der Waals surface area contributed by atoms with E-state index in [9.17, 15) is 5.11 Å². The molecule has 0 radical (unpaired) electrons. The molecule has 2 heteroatoms. The van der Waals surface area contributed by atoms with Crippen LogP contribution in [0.1, 0.15) is 71.1 Å². The van der Waals surface area contributed by atoms with Gasteiger partial charge in [0.25, 0.3) is 0 Å². The third-order valence-electron chi connectivity index (χ3n) is 4.16. The first kappa shape index (κ1) is 12.4. The molecule has 0 amide bonds. The lowest BCUT2D eigenvalue weighted by molar-refractivity contribution is -0.115. The van der Waals surface area contributed by atoms with Crippen LogP contribution in [0.2, 0.25) is 0 Å². The average Bonchev–Trinajstić information content (AvgIpc) is 2.58. The maximum absolute atomic E-state index is 10.5. The molecule has 94 valence electrons. The molecule has 2 unspecified atom stereocenters. The zero-order valence-electron chi connectivity index (χ0n) is 10.6. The van der Waals surface area contributed by atoms with Gasteiger partial charge in [-0.2, -0.15) is 0 Å². The Morgan fingerprint density at radius 1 is 1.06 bits per heavy atom. The van der Waals surface area contributed by atoms with Gasteiger partial charge in [0, 0.05) is 12.8 Å². The highest BCUT2D eigenvalue weighted by Gasteiger charge is 2.42. The summed E-state index contributed by atoms with van der Waals surface area (Å²) in [6.45, 7) is 2.24. The Balaban J connectivity index is 1.67. The molecule has 2 aliphatic heterocycles. The Kier molecular flexibility index (Phi) is 4.26. The number of hydrogen-bond donors (Lipinski definition) is 1. The summed E-state index contributed by atoms with van der Waals surface area (Å²) in [5.74, 6) is 0. The molecule has 1 N–H and O–H groups in total. The molecule has 2 aliphatic rings. The Morgan fingerprint density at radius 2 is 1.69 bits per heavy atom. The first-order chi connectivity index (χ1) is 7.72. The molecular weight excluding hydrogens is 200 g/mol. The predicted octanol–water partition coefficient (Wildman–Crippen LogP) is 3.42. The standard InChI is InChI=1S/C14H26O2/c1-2-3-4-5-6-9-14(15)10-12-7-8-13(11-14)16-12/h12-13,15H,2-11H2,1H3. The topological polar surface area (TPSA) is 29.5 Å². The van der Waals surface area contributed by atoms with E-state index in [-0.39, 0.29) is 0 Å². The van der Waals surface area contributed by atoms with E-state index in [2.05, 4.69) is 6.92 Å². The van der Waals surface area contributed by atoms with Gasteiger partial charge in [0.15, 0.2) is 0 Å². The average molecular weight is 226 g/mol. The molecule has 0 aromatic heterocycles. The van der Waals surface area contributed by atoms with Gasteiger partial charge in [0.1, 0.15) is 0 Å². The van der Waals surface area contributed by atoms with Crippen LogP contribution in [0.4, 0.5) is 0 Å². The predicted molar refractivity (Wildman–Crippen MR) is 65.5 cm³/mol. The second-order valence-corrected chi connectivity index (χ2v) is 5.75. The molecule has 2 atom stereocenters. The number of rotatable bonds is 6. The van der Waals surface area contributed by atoms with Gasteiger partial charge in [-0.3, -0.25) is 0 Å². The SMILES string of the molecule is CCCCCCCC1(O)CC2CCC(C1)O2. The Morgan fingerprint density at radius 3 is 2.31 bits per heavy atom. The van der Waals surface area contributed by atoms with Crippen molar-refractivity contribution in [2.45, 2.75) is 88.9 Å². The first-order valence-corrected chi connectivity index (χ1v) is 7.10. The third kappa shape index (κ3) is 3.21. The lowest BCUT2D eigenvalue weighted by Gasteiger charge is -2.36. The van der Waals surface area contributed by atoms with Gasteiger partial charge in [0.2, 0.25) is 0 Å². The summed E-state index contributed by atoms with van der Waals surface area (Å²) in [5, 5.41) is 10.5. The van der Waals surface area contributed by atoms with Crippen LogP contribution in [0.5, 0.6) is 0 Å². The van der Waals surface area contributed by atoms with Crippen molar-refractivity contribution in [3.8, 4) is 0 Å². The fourth-order valence-corrected chi connectivity index (χ4v) is 3.27. The van der Waals surface area contributed by atoms with E-state index in [0.717, 1.165) is 19.3 Å². The fourth-order valence-electron chi connectivity index (χ4n) is 3.27. The molecule has 0 aromatic carbocycles. The number of fused-ring (bicyclic) bond motifs is 2. The van der Waals surface area contributed by atoms with Gasteiger partial charge in [-0.1, -0.05) is 39.0 Å². The zero-order chi connectivity index (χ0) is 11.4. The minimum atomic E-state index is -0.393. The molecule has 0 saturated carbocycles. The summed E-state index contributed by atoms with van der Waals surface area (Å²) in [6.07, 6.45) is 12.3. The number of ether oxygens (including phenoxy) is 1. The van der Waals surface area contributed by atoms with Crippen LogP contribution in [0, 0.1) is 0 Å². The summed E-state index contributed by atoms with van der Waals surface area (Å²) in [7, 11) is 0. The van der Waals surface area contributed by atoms with Crippen LogP contribution >= 0.6 is 0 Å². The fraction of sp³-hybridized carbons (Fsp3) is 1.00. The van der Waals surface area contributed by atoms with Crippen LogP contribution in [0.15, 0.2) is 0 Å². The smallest absolute Gasteiger partial charge is 0.0697 e.